The van der Waals surface area contributed by atoms with E-state index in [-0.39, 0.29) is 18.6 Å². The number of hydrogen-bond donors (Lipinski definition) is 0. The predicted molar refractivity (Wildman–Crippen MR) is 98.6 cm³/mol. The van der Waals surface area contributed by atoms with E-state index in [0.717, 1.165) is 24.3 Å². The molecule has 0 radical (unpaired) electrons. The molecule has 1 aliphatic heterocycles. The molecule has 2 aromatic heterocycles. The van der Waals surface area contributed by atoms with Crippen LogP contribution in [0.25, 0.3) is 5.65 Å². The number of nitrogens with zero attached hydrogens (tertiary/aromatic N) is 4. The summed E-state index contributed by atoms with van der Waals surface area (Å²) in [6.07, 6.45) is 3.67. The molecule has 3 aromatic rings. The molecule has 1 atom stereocenters. The first-order valence-electron chi connectivity index (χ1n) is 8.30. The van der Waals surface area contributed by atoms with Crippen molar-refractivity contribution in [3.63, 3.8) is 0 Å². The Bertz CT molecular complexity index is 959. The van der Waals surface area contributed by atoms with Crippen molar-refractivity contribution in [1.29, 1.82) is 0 Å². The molecule has 6 nitrogen and oxygen atoms in total. The topological polar surface area (TPSA) is 59.7 Å². The largest absolute Gasteiger partial charge is 0.482 e. The van der Waals surface area contributed by atoms with E-state index in [1.54, 1.807) is 23.1 Å². The van der Waals surface area contributed by atoms with Crippen LogP contribution >= 0.6 is 23.2 Å². The van der Waals surface area contributed by atoms with Gasteiger partial charge in [0.25, 0.3) is 5.91 Å². The van der Waals surface area contributed by atoms with E-state index in [1.165, 1.54) is 0 Å². The first kappa shape index (κ1) is 17.1. The van der Waals surface area contributed by atoms with E-state index < -0.39 is 0 Å². The van der Waals surface area contributed by atoms with Crippen LogP contribution < -0.4 is 4.74 Å². The number of fused-ring (bicyclic) bond motifs is 1. The molecule has 0 saturated carbocycles. The standard InChI is InChI=1S/C18H16Cl2N4O2/c19-12-6-7-13(20)15(10-12)26-11-17(25)23-9-3-4-14(23)18-22-21-16-5-1-2-8-24(16)18/h1-2,5-8,10,14H,3-4,9,11H2. The van der Waals surface area contributed by atoms with Crippen molar-refractivity contribution >= 4 is 34.8 Å². The van der Waals surface area contributed by atoms with Gasteiger partial charge in [-0.25, -0.2) is 0 Å². The quantitative estimate of drug-likeness (QED) is 0.679. The average Bonchev–Trinajstić information content (AvgIpc) is 3.28. The number of aromatic nitrogens is 3. The zero-order chi connectivity index (χ0) is 18.1. The van der Waals surface area contributed by atoms with Gasteiger partial charge in [-0.3, -0.25) is 9.20 Å². The number of halogens is 2. The molecular weight excluding hydrogens is 375 g/mol. The Morgan fingerprint density at radius 2 is 2.12 bits per heavy atom. The molecule has 1 aromatic carbocycles. The number of rotatable bonds is 4. The van der Waals surface area contributed by atoms with E-state index in [9.17, 15) is 4.79 Å². The van der Waals surface area contributed by atoms with Gasteiger partial charge in [-0.15, -0.1) is 10.2 Å². The highest BCUT2D eigenvalue weighted by Gasteiger charge is 2.33. The van der Waals surface area contributed by atoms with Crippen LogP contribution in [0.15, 0.2) is 42.6 Å². The summed E-state index contributed by atoms with van der Waals surface area (Å²) in [7, 11) is 0. The molecule has 1 saturated heterocycles. The SMILES string of the molecule is O=C(COc1cc(Cl)ccc1Cl)N1CCCC1c1nnc2ccccn12. The molecule has 0 aliphatic carbocycles. The minimum absolute atomic E-state index is 0.104. The lowest BCUT2D eigenvalue weighted by atomic mass is 10.2. The second-order valence-corrected chi connectivity index (χ2v) is 6.94. The van der Waals surface area contributed by atoms with Gasteiger partial charge in [-0.1, -0.05) is 29.3 Å². The van der Waals surface area contributed by atoms with Crippen molar-refractivity contribution in [2.45, 2.75) is 18.9 Å². The van der Waals surface area contributed by atoms with Crippen LogP contribution in [0.5, 0.6) is 5.75 Å². The maximum atomic E-state index is 12.7. The van der Waals surface area contributed by atoms with Gasteiger partial charge >= 0.3 is 0 Å². The second-order valence-electron chi connectivity index (χ2n) is 6.10. The van der Waals surface area contributed by atoms with Crippen molar-refractivity contribution in [2.24, 2.45) is 0 Å². The maximum absolute atomic E-state index is 12.7. The summed E-state index contributed by atoms with van der Waals surface area (Å²) in [5, 5.41) is 9.40. The number of benzene rings is 1. The number of carbonyl (C=O) groups is 1. The molecule has 1 aliphatic rings. The highest BCUT2D eigenvalue weighted by atomic mass is 35.5. The summed E-state index contributed by atoms with van der Waals surface area (Å²) >= 11 is 12.0. The summed E-state index contributed by atoms with van der Waals surface area (Å²) in [5.74, 6) is 1.06. The summed E-state index contributed by atoms with van der Waals surface area (Å²) in [5.41, 5.74) is 0.767. The minimum Gasteiger partial charge on any atom is -0.482 e. The number of amides is 1. The fourth-order valence-corrected chi connectivity index (χ4v) is 3.57. The lowest BCUT2D eigenvalue weighted by Crippen LogP contribution is -2.35. The minimum atomic E-state index is -0.115. The Morgan fingerprint density at radius 1 is 1.23 bits per heavy atom. The van der Waals surface area contributed by atoms with Crippen molar-refractivity contribution < 1.29 is 9.53 Å². The fourth-order valence-electron chi connectivity index (χ4n) is 3.23. The van der Waals surface area contributed by atoms with Crippen LogP contribution in [0.1, 0.15) is 24.7 Å². The molecule has 3 heterocycles. The Balaban J connectivity index is 1.51. The summed E-state index contributed by atoms with van der Waals surface area (Å²) in [6.45, 7) is 0.561. The van der Waals surface area contributed by atoms with E-state index in [0.29, 0.717) is 22.3 Å². The van der Waals surface area contributed by atoms with Gasteiger partial charge in [0.05, 0.1) is 11.1 Å². The van der Waals surface area contributed by atoms with Crippen LogP contribution in [0.3, 0.4) is 0 Å². The number of likely N-dealkylation sites (tertiary alicyclic amines) is 1. The third-order valence-corrected chi connectivity index (χ3v) is 5.00. The van der Waals surface area contributed by atoms with Crippen LogP contribution in [-0.2, 0) is 4.79 Å². The summed E-state index contributed by atoms with van der Waals surface area (Å²) < 4.78 is 7.52. The fraction of sp³-hybridized carbons (Fsp3) is 0.278. The normalized spacial score (nSPS) is 17.0. The zero-order valence-corrected chi connectivity index (χ0v) is 15.3. The maximum Gasteiger partial charge on any atom is 0.261 e. The van der Waals surface area contributed by atoms with Gasteiger partial charge < -0.3 is 9.64 Å². The molecule has 1 fully saturated rings. The van der Waals surface area contributed by atoms with E-state index >= 15 is 0 Å². The number of hydrogen-bond acceptors (Lipinski definition) is 4. The summed E-state index contributed by atoms with van der Waals surface area (Å²) in [4.78, 5) is 14.5. The first-order chi connectivity index (χ1) is 12.6. The van der Waals surface area contributed by atoms with E-state index in [2.05, 4.69) is 10.2 Å². The molecule has 4 rings (SSSR count). The highest BCUT2D eigenvalue weighted by molar-refractivity contribution is 6.34. The van der Waals surface area contributed by atoms with Crippen LogP contribution in [0.2, 0.25) is 10.0 Å². The average molecular weight is 391 g/mol. The molecule has 1 amide bonds. The lowest BCUT2D eigenvalue weighted by Gasteiger charge is -2.23. The Labute approximate surface area is 160 Å². The zero-order valence-electron chi connectivity index (χ0n) is 13.8. The second kappa shape index (κ2) is 7.13. The molecule has 8 heteroatoms. The van der Waals surface area contributed by atoms with Crippen molar-refractivity contribution in [3.05, 3.63) is 58.5 Å². The Hall–Kier alpha value is -2.31. The number of pyridine rings is 1. The third kappa shape index (κ3) is 3.22. The van der Waals surface area contributed by atoms with Gasteiger partial charge in [0.2, 0.25) is 0 Å². The molecule has 0 bridgehead atoms. The molecule has 0 N–H and O–H groups in total. The van der Waals surface area contributed by atoms with Gasteiger partial charge in [-0.05, 0) is 37.1 Å². The van der Waals surface area contributed by atoms with Gasteiger partial charge in [0.15, 0.2) is 18.1 Å². The van der Waals surface area contributed by atoms with Gasteiger partial charge in [-0.2, -0.15) is 0 Å². The van der Waals surface area contributed by atoms with E-state index in [1.807, 2.05) is 28.8 Å². The van der Waals surface area contributed by atoms with Crippen molar-refractivity contribution in [2.75, 3.05) is 13.2 Å². The predicted octanol–water partition coefficient (Wildman–Crippen LogP) is 3.78. The molecule has 0 spiro atoms. The summed E-state index contributed by atoms with van der Waals surface area (Å²) in [6, 6.07) is 10.5. The van der Waals surface area contributed by atoms with Crippen molar-refractivity contribution in [1.82, 2.24) is 19.5 Å². The van der Waals surface area contributed by atoms with Crippen LogP contribution in [-0.4, -0.2) is 38.6 Å². The van der Waals surface area contributed by atoms with Gasteiger partial charge in [0.1, 0.15) is 5.75 Å². The molecule has 1 unspecified atom stereocenters. The highest BCUT2D eigenvalue weighted by Crippen LogP contribution is 2.32. The monoisotopic (exact) mass is 390 g/mol. The Morgan fingerprint density at radius 3 is 3.00 bits per heavy atom. The third-order valence-electron chi connectivity index (χ3n) is 4.46. The van der Waals surface area contributed by atoms with Crippen molar-refractivity contribution in [3.8, 4) is 5.75 Å². The van der Waals surface area contributed by atoms with E-state index in [4.69, 9.17) is 27.9 Å². The number of carbonyl (C=O) groups excluding carboxylic acids is 1. The van der Waals surface area contributed by atoms with Crippen LogP contribution in [0, 0.1) is 0 Å². The number of ether oxygens (including phenoxy) is 1. The lowest BCUT2D eigenvalue weighted by molar-refractivity contribution is -0.134. The Kier molecular flexibility index (Phi) is 4.70. The molecular formula is C18H16Cl2N4O2. The molecule has 26 heavy (non-hydrogen) atoms. The van der Waals surface area contributed by atoms with Gasteiger partial charge in [0, 0.05) is 23.8 Å². The van der Waals surface area contributed by atoms with Crippen LogP contribution in [0.4, 0.5) is 0 Å². The smallest absolute Gasteiger partial charge is 0.261 e. The molecule has 134 valence electrons. The first-order valence-corrected chi connectivity index (χ1v) is 9.06.